The first-order chi connectivity index (χ1) is 29.5. The lowest BCUT2D eigenvalue weighted by Gasteiger charge is -2.09. The third-order valence-corrected chi connectivity index (χ3v) is 13.7. The van der Waals surface area contributed by atoms with Crippen molar-refractivity contribution >= 4 is 113 Å². The van der Waals surface area contributed by atoms with Gasteiger partial charge in [0.1, 0.15) is 22.7 Å². The zero-order chi connectivity index (χ0) is 42.1. The summed E-state index contributed by atoms with van der Waals surface area (Å²) >= 11 is 4.30. The van der Waals surface area contributed by atoms with E-state index in [1.807, 2.05) is 26.0 Å². The Balaban J connectivity index is 0.967. The number of benzene rings is 4. The molecule has 10 rings (SSSR count). The molecule has 0 spiro atoms. The molecule has 2 aliphatic rings. The second-order valence-electron chi connectivity index (χ2n) is 14.1. The lowest BCUT2D eigenvalue weighted by atomic mass is 9.97. The number of phenols is 2. The molecule has 61 heavy (non-hydrogen) atoms. The molecule has 2 saturated heterocycles. The van der Waals surface area contributed by atoms with Crippen LogP contribution in [0.3, 0.4) is 0 Å². The molecule has 4 aromatic carbocycles. The highest BCUT2D eigenvalue weighted by Gasteiger charge is 2.38. The Kier molecular flexibility index (Phi) is 9.43. The number of para-hydroxylation sites is 2. The molecule has 4 aromatic heterocycles. The van der Waals surface area contributed by atoms with Crippen molar-refractivity contribution in [3.8, 4) is 32.6 Å². The van der Waals surface area contributed by atoms with Crippen molar-refractivity contribution in [2.75, 3.05) is 9.80 Å². The number of aromatic nitrogens is 4. The number of phenolic OH excluding ortho intramolecular Hbond substituents is 2. The van der Waals surface area contributed by atoms with Crippen LogP contribution in [-0.2, 0) is 16.0 Å². The van der Waals surface area contributed by atoms with E-state index in [9.17, 15) is 19.8 Å². The molecule has 18 heteroatoms. The molecule has 2 amide bonds. The molecule has 2 fully saturated rings. The Morgan fingerprint density at radius 3 is 1.49 bits per heavy atom. The standard InChI is InChI=1S/C43H28N8O6S4/c1-20-18-56-34-26(20)12-22(14-28(34)36-46-48-42(60-36)50-38(54)32(58-40(50)44)16-24-7-3-5-9-30(24)52)11-23-13-27-21(2)19-57-35(27)29(15-23)37-47-49-43(61-37)51-39(55)33(59-41(51)45)17-25-8-4-6-10-31(25)53/h3-10,12-19,44-45,52-53H,11H2,1-2H3/b32-16-,33-17-,44-40?,45-41?. The van der Waals surface area contributed by atoms with Crippen molar-refractivity contribution in [1.82, 2.24) is 20.4 Å². The Morgan fingerprint density at radius 1 is 0.639 bits per heavy atom. The minimum absolute atomic E-state index is 0.0274. The van der Waals surface area contributed by atoms with Crippen molar-refractivity contribution < 1.29 is 28.6 Å². The molecule has 8 aromatic rings. The van der Waals surface area contributed by atoms with Crippen molar-refractivity contribution in [2.24, 2.45) is 0 Å². The van der Waals surface area contributed by atoms with E-state index in [1.54, 1.807) is 61.1 Å². The van der Waals surface area contributed by atoms with Crippen LogP contribution in [-0.4, -0.2) is 52.8 Å². The number of nitrogens with zero attached hydrogens (tertiary/aromatic N) is 6. The third-order valence-electron chi connectivity index (χ3n) is 10.0. The van der Waals surface area contributed by atoms with E-state index in [0.717, 1.165) is 56.6 Å². The summed E-state index contributed by atoms with van der Waals surface area (Å²) in [7, 11) is 0. The van der Waals surface area contributed by atoms with Crippen LogP contribution in [0.4, 0.5) is 10.3 Å². The number of furan rings is 2. The number of aryl methyl sites for hydroxylation is 2. The fourth-order valence-electron chi connectivity index (χ4n) is 7.05. The molecule has 300 valence electrons. The zero-order valence-electron chi connectivity index (χ0n) is 31.8. The Hall–Kier alpha value is -6.86. The molecule has 0 bridgehead atoms. The molecule has 2 aliphatic heterocycles. The summed E-state index contributed by atoms with van der Waals surface area (Å²) in [5.74, 6) is -0.818. The second kappa shape index (κ2) is 15.0. The Bertz CT molecular complexity index is 3040. The van der Waals surface area contributed by atoms with Crippen LogP contribution >= 0.6 is 46.2 Å². The van der Waals surface area contributed by atoms with Gasteiger partial charge in [-0.25, -0.2) is 9.80 Å². The van der Waals surface area contributed by atoms with Gasteiger partial charge in [-0.2, -0.15) is 0 Å². The number of amides is 2. The number of hydrogen-bond donors (Lipinski definition) is 4. The maximum absolute atomic E-state index is 13.5. The Labute approximate surface area is 361 Å². The van der Waals surface area contributed by atoms with Gasteiger partial charge in [-0.3, -0.25) is 20.4 Å². The normalized spacial score (nSPS) is 15.9. The fraction of sp³-hybridized carbons (Fsp3) is 0.0698. The topological polar surface area (TPSA) is 207 Å². The summed E-state index contributed by atoms with van der Waals surface area (Å²) in [5.41, 5.74) is 7.27. The molecule has 0 unspecified atom stereocenters. The Morgan fingerprint density at radius 2 is 1.07 bits per heavy atom. The van der Waals surface area contributed by atoms with Crippen molar-refractivity contribution in [2.45, 2.75) is 20.3 Å². The number of rotatable bonds is 8. The third kappa shape index (κ3) is 6.78. The van der Waals surface area contributed by atoms with Gasteiger partial charge >= 0.3 is 0 Å². The number of thioether (sulfide) groups is 2. The minimum atomic E-state index is -0.438. The van der Waals surface area contributed by atoms with Gasteiger partial charge in [-0.15, -0.1) is 20.4 Å². The quantitative estimate of drug-likeness (QED) is 0.105. The zero-order valence-corrected chi connectivity index (χ0v) is 35.1. The molecular formula is C43H28N8O6S4. The molecule has 6 heterocycles. The number of fused-ring (bicyclic) bond motifs is 2. The second-order valence-corrected chi connectivity index (χ2v) is 18.0. The van der Waals surface area contributed by atoms with E-state index in [1.165, 1.54) is 44.6 Å². The summed E-state index contributed by atoms with van der Waals surface area (Å²) in [4.78, 5) is 30.1. The number of anilines is 2. The number of carbonyl (C=O) groups is 2. The first-order valence-electron chi connectivity index (χ1n) is 18.4. The van der Waals surface area contributed by atoms with E-state index in [0.29, 0.717) is 49.9 Å². The van der Waals surface area contributed by atoms with Gasteiger partial charge in [0.15, 0.2) is 20.4 Å². The van der Waals surface area contributed by atoms with E-state index in [-0.39, 0.29) is 41.9 Å². The predicted molar refractivity (Wildman–Crippen MR) is 240 cm³/mol. The maximum Gasteiger partial charge on any atom is 0.273 e. The van der Waals surface area contributed by atoms with E-state index in [2.05, 4.69) is 32.5 Å². The maximum atomic E-state index is 13.5. The van der Waals surface area contributed by atoms with Gasteiger partial charge in [-0.1, -0.05) is 59.1 Å². The van der Waals surface area contributed by atoms with Crippen LogP contribution in [0.5, 0.6) is 11.5 Å². The highest BCUT2D eigenvalue weighted by atomic mass is 32.2. The predicted octanol–water partition coefficient (Wildman–Crippen LogP) is 9.95. The van der Waals surface area contributed by atoms with Crippen molar-refractivity contribution in [1.29, 1.82) is 10.8 Å². The van der Waals surface area contributed by atoms with Gasteiger partial charge < -0.3 is 19.0 Å². The number of amidine groups is 2. The van der Waals surface area contributed by atoms with E-state index < -0.39 is 11.8 Å². The molecule has 0 saturated carbocycles. The van der Waals surface area contributed by atoms with Gasteiger partial charge in [0.25, 0.3) is 11.8 Å². The lowest BCUT2D eigenvalue weighted by molar-refractivity contribution is -0.114. The van der Waals surface area contributed by atoms with Gasteiger partial charge in [0.2, 0.25) is 10.3 Å². The average molecular weight is 881 g/mol. The number of nitrogens with one attached hydrogen (secondary N) is 2. The van der Waals surface area contributed by atoms with E-state index >= 15 is 0 Å². The average Bonchev–Trinajstić information content (AvgIpc) is 4.11. The van der Waals surface area contributed by atoms with Crippen LogP contribution in [0, 0.1) is 24.7 Å². The van der Waals surface area contributed by atoms with Crippen LogP contribution < -0.4 is 9.80 Å². The van der Waals surface area contributed by atoms with Crippen LogP contribution in [0.15, 0.2) is 104 Å². The molecular weight excluding hydrogens is 853 g/mol. The summed E-state index contributed by atoms with van der Waals surface area (Å²) in [6.07, 6.45) is 6.97. The number of carbonyl (C=O) groups excluding carboxylic acids is 2. The summed E-state index contributed by atoms with van der Waals surface area (Å²) in [5, 5.41) is 58.6. The first-order valence-corrected chi connectivity index (χ1v) is 21.7. The SMILES string of the molecule is Cc1coc2c(-c3nnc(N4C(=N)S/C(=C\c5ccccc5O)C4=O)s3)cc(Cc3cc(-c4nnc(N5C(=N)S/C(=C\c6ccccc6O)C5=O)s4)c4occ(C)c4c3)cc12. The smallest absolute Gasteiger partial charge is 0.273 e. The molecule has 14 nitrogen and oxygen atoms in total. The molecule has 0 radical (unpaired) electrons. The first kappa shape index (κ1) is 38.3. The largest absolute Gasteiger partial charge is 0.507 e. The van der Waals surface area contributed by atoms with Gasteiger partial charge in [0, 0.05) is 21.9 Å². The van der Waals surface area contributed by atoms with Crippen LogP contribution in [0.25, 0.3) is 55.2 Å². The van der Waals surface area contributed by atoms with E-state index in [4.69, 9.17) is 19.7 Å². The summed E-state index contributed by atoms with van der Waals surface area (Å²) < 4.78 is 12.1. The number of aromatic hydroxyl groups is 2. The van der Waals surface area contributed by atoms with Gasteiger partial charge in [-0.05, 0) is 115 Å². The minimum Gasteiger partial charge on any atom is -0.507 e. The fourth-order valence-corrected chi connectivity index (χ4v) is 10.6. The summed E-state index contributed by atoms with van der Waals surface area (Å²) in [6, 6.07) is 21.5. The molecule has 0 atom stereocenters. The lowest BCUT2D eigenvalue weighted by Crippen LogP contribution is -2.27. The van der Waals surface area contributed by atoms with Crippen molar-refractivity contribution in [3.63, 3.8) is 0 Å². The molecule has 0 aliphatic carbocycles. The highest BCUT2D eigenvalue weighted by molar-refractivity contribution is 8.19. The van der Waals surface area contributed by atoms with Crippen LogP contribution in [0.2, 0.25) is 0 Å². The van der Waals surface area contributed by atoms with Crippen LogP contribution in [0.1, 0.15) is 33.4 Å². The van der Waals surface area contributed by atoms with Crippen molar-refractivity contribution in [3.05, 3.63) is 129 Å². The van der Waals surface area contributed by atoms with Gasteiger partial charge in [0.05, 0.1) is 33.5 Å². The summed E-state index contributed by atoms with van der Waals surface area (Å²) in [6.45, 7) is 3.93. The monoisotopic (exact) mass is 880 g/mol. The molecule has 4 N–H and O–H groups in total. The number of hydrogen-bond acceptors (Lipinski definition) is 16. The highest BCUT2D eigenvalue weighted by Crippen LogP contribution is 2.44.